The molecule has 0 fully saturated rings. The Kier molecular flexibility index (Phi) is 8.52. The number of carbonyl (C=O) groups is 2. The Morgan fingerprint density at radius 2 is 1.49 bits per heavy atom. The lowest BCUT2D eigenvalue weighted by atomic mass is 10.2. The van der Waals surface area contributed by atoms with E-state index in [1.54, 1.807) is 92.0 Å². The number of nitrogens with zero attached hydrogens (tertiary/aromatic N) is 1. The quantitative estimate of drug-likeness (QED) is 0.130. The van der Waals surface area contributed by atoms with E-state index in [-0.39, 0.29) is 0 Å². The molecule has 0 radical (unpaired) electrons. The maximum atomic E-state index is 12.5. The molecule has 4 rings (SSSR count). The van der Waals surface area contributed by atoms with Crippen molar-refractivity contribution in [3.8, 4) is 17.2 Å². The lowest BCUT2D eigenvalue weighted by Crippen LogP contribution is -2.17. The fourth-order valence-electron chi connectivity index (χ4n) is 3.24. The molecule has 0 saturated heterocycles. The molecule has 1 amide bonds. The van der Waals surface area contributed by atoms with Crippen LogP contribution in [0, 0.1) is 0 Å². The third-order valence-electron chi connectivity index (χ3n) is 5.25. The third-order valence-corrected chi connectivity index (χ3v) is 5.50. The summed E-state index contributed by atoms with van der Waals surface area (Å²) in [6.45, 7) is 0.384. The summed E-state index contributed by atoms with van der Waals surface area (Å²) in [6.07, 6.45) is 1.41. The molecule has 0 aliphatic rings. The second-order valence-corrected chi connectivity index (χ2v) is 8.23. The molecule has 0 spiro atoms. The molecule has 1 N–H and O–H groups in total. The highest BCUT2D eigenvalue weighted by Crippen LogP contribution is 2.19. The van der Waals surface area contributed by atoms with Crippen molar-refractivity contribution in [3.05, 3.63) is 124 Å². The van der Waals surface area contributed by atoms with Crippen LogP contribution < -0.4 is 19.6 Å². The molecule has 0 bridgehead atoms. The predicted molar refractivity (Wildman–Crippen MR) is 142 cm³/mol. The molecular weight excluding hydrogens is 492 g/mol. The minimum atomic E-state index is -0.522. The molecular formula is C29H23ClN2O5. The number of ether oxygens (including phenoxy) is 3. The van der Waals surface area contributed by atoms with Gasteiger partial charge in [0.25, 0.3) is 5.91 Å². The van der Waals surface area contributed by atoms with Crippen molar-refractivity contribution in [2.24, 2.45) is 5.10 Å². The van der Waals surface area contributed by atoms with Crippen LogP contribution in [0.1, 0.15) is 31.8 Å². The molecule has 186 valence electrons. The van der Waals surface area contributed by atoms with Gasteiger partial charge in [0.15, 0.2) is 0 Å². The van der Waals surface area contributed by atoms with E-state index in [9.17, 15) is 9.59 Å². The standard InChI is InChI=1S/C29H23ClN2O5/c1-35-25-14-10-22(11-15-25)29(34)37-27-5-3-2-4-23(27)18-31-32-28(33)21-8-16-26(17-9-21)36-19-20-6-12-24(30)13-7-20/h2-18H,19H2,1H3,(H,32,33). The van der Waals surface area contributed by atoms with Gasteiger partial charge >= 0.3 is 5.97 Å². The second-order valence-electron chi connectivity index (χ2n) is 7.79. The van der Waals surface area contributed by atoms with Gasteiger partial charge in [0.2, 0.25) is 0 Å². The predicted octanol–water partition coefficient (Wildman–Crippen LogP) is 5.91. The van der Waals surface area contributed by atoms with Gasteiger partial charge in [-0.3, -0.25) is 4.79 Å². The number of halogens is 1. The number of benzene rings is 4. The van der Waals surface area contributed by atoms with Gasteiger partial charge in [-0.15, -0.1) is 0 Å². The number of rotatable bonds is 9. The molecule has 4 aromatic carbocycles. The van der Waals surface area contributed by atoms with Crippen molar-refractivity contribution in [1.82, 2.24) is 5.43 Å². The van der Waals surface area contributed by atoms with Crippen LogP contribution in [0.4, 0.5) is 0 Å². The number of hydrogen-bond donors (Lipinski definition) is 1. The number of nitrogens with one attached hydrogen (secondary N) is 1. The number of hydrazone groups is 1. The minimum Gasteiger partial charge on any atom is -0.497 e. The zero-order chi connectivity index (χ0) is 26.0. The van der Waals surface area contributed by atoms with Crippen LogP contribution in [-0.2, 0) is 6.61 Å². The van der Waals surface area contributed by atoms with Crippen molar-refractivity contribution in [1.29, 1.82) is 0 Å². The van der Waals surface area contributed by atoms with Crippen molar-refractivity contribution in [2.75, 3.05) is 7.11 Å². The Morgan fingerprint density at radius 3 is 2.19 bits per heavy atom. The van der Waals surface area contributed by atoms with Gasteiger partial charge in [0, 0.05) is 16.1 Å². The Balaban J connectivity index is 1.33. The Bertz CT molecular complexity index is 1390. The maximum absolute atomic E-state index is 12.5. The summed E-state index contributed by atoms with van der Waals surface area (Å²) in [6, 6.07) is 27.6. The van der Waals surface area contributed by atoms with Crippen molar-refractivity contribution < 1.29 is 23.8 Å². The van der Waals surface area contributed by atoms with Crippen LogP contribution in [0.2, 0.25) is 5.02 Å². The topological polar surface area (TPSA) is 86.2 Å². The van der Waals surface area contributed by atoms with Crippen LogP contribution in [0.3, 0.4) is 0 Å². The smallest absolute Gasteiger partial charge is 0.343 e. The molecule has 0 saturated carbocycles. The molecule has 0 heterocycles. The van der Waals surface area contributed by atoms with Crippen LogP contribution >= 0.6 is 11.6 Å². The molecule has 0 unspecified atom stereocenters. The maximum Gasteiger partial charge on any atom is 0.343 e. The summed E-state index contributed by atoms with van der Waals surface area (Å²) in [7, 11) is 1.55. The summed E-state index contributed by atoms with van der Waals surface area (Å²) < 4.78 is 16.4. The monoisotopic (exact) mass is 514 g/mol. The van der Waals surface area contributed by atoms with Gasteiger partial charge in [0.1, 0.15) is 23.9 Å². The van der Waals surface area contributed by atoms with Gasteiger partial charge in [-0.25, -0.2) is 10.2 Å². The van der Waals surface area contributed by atoms with Crippen molar-refractivity contribution >= 4 is 29.7 Å². The number of hydrogen-bond acceptors (Lipinski definition) is 6. The van der Waals surface area contributed by atoms with E-state index < -0.39 is 11.9 Å². The van der Waals surface area contributed by atoms with Crippen LogP contribution in [0.5, 0.6) is 17.2 Å². The van der Waals surface area contributed by atoms with Gasteiger partial charge in [0.05, 0.1) is 18.9 Å². The van der Waals surface area contributed by atoms with Gasteiger partial charge in [-0.1, -0.05) is 35.9 Å². The van der Waals surface area contributed by atoms with Gasteiger partial charge < -0.3 is 14.2 Å². The fraction of sp³-hybridized carbons (Fsp3) is 0.0690. The van der Waals surface area contributed by atoms with Crippen LogP contribution in [0.25, 0.3) is 0 Å². The van der Waals surface area contributed by atoms with E-state index in [4.69, 9.17) is 25.8 Å². The highest BCUT2D eigenvalue weighted by atomic mass is 35.5. The van der Waals surface area contributed by atoms with Crippen molar-refractivity contribution in [2.45, 2.75) is 6.61 Å². The summed E-state index contributed by atoms with van der Waals surface area (Å²) >= 11 is 5.89. The van der Waals surface area contributed by atoms with E-state index in [1.807, 2.05) is 12.1 Å². The summed E-state index contributed by atoms with van der Waals surface area (Å²) in [4.78, 5) is 25.0. The van der Waals surface area contributed by atoms with E-state index in [2.05, 4.69) is 10.5 Å². The number of esters is 1. The molecule has 4 aromatic rings. The molecule has 0 aliphatic carbocycles. The summed E-state index contributed by atoms with van der Waals surface area (Å²) in [5.41, 5.74) is 4.77. The Labute approximate surface area is 219 Å². The lowest BCUT2D eigenvalue weighted by Gasteiger charge is -2.08. The third kappa shape index (κ3) is 7.19. The highest BCUT2D eigenvalue weighted by Gasteiger charge is 2.11. The molecule has 0 aromatic heterocycles. The van der Waals surface area contributed by atoms with E-state index in [1.165, 1.54) is 6.21 Å². The number of carbonyl (C=O) groups excluding carboxylic acids is 2. The first kappa shape index (κ1) is 25.5. The molecule has 7 nitrogen and oxygen atoms in total. The average molecular weight is 515 g/mol. The number of methoxy groups -OCH3 is 1. The van der Waals surface area contributed by atoms with Gasteiger partial charge in [-0.2, -0.15) is 5.10 Å². The summed E-state index contributed by atoms with van der Waals surface area (Å²) in [5, 5.41) is 4.68. The minimum absolute atomic E-state index is 0.309. The molecule has 0 atom stereocenters. The molecule has 8 heteroatoms. The zero-order valence-corrected chi connectivity index (χ0v) is 20.6. The normalized spacial score (nSPS) is 10.6. The van der Waals surface area contributed by atoms with Crippen molar-refractivity contribution in [3.63, 3.8) is 0 Å². The number of amides is 1. The lowest BCUT2D eigenvalue weighted by molar-refractivity contribution is 0.0734. The summed E-state index contributed by atoms with van der Waals surface area (Å²) in [5.74, 6) is 0.658. The van der Waals surface area contributed by atoms with Crippen LogP contribution in [-0.4, -0.2) is 25.2 Å². The largest absolute Gasteiger partial charge is 0.497 e. The highest BCUT2D eigenvalue weighted by molar-refractivity contribution is 6.30. The first-order chi connectivity index (χ1) is 18.0. The first-order valence-electron chi connectivity index (χ1n) is 11.3. The second kappa shape index (κ2) is 12.4. The van der Waals surface area contributed by atoms with E-state index >= 15 is 0 Å². The van der Waals surface area contributed by atoms with Crippen LogP contribution in [0.15, 0.2) is 102 Å². The first-order valence-corrected chi connectivity index (χ1v) is 11.7. The molecule has 0 aliphatic heterocycles. The average Bonchev–Trinajstić information content (AvgIpc) is 2.94. The Morgan fingerprint density at radius 1 is 0.838 bits per heavy atom. The van der Waals surface area contributed by atoms with E-state index in [0.717, 1.165) is 5.56 Å². The molecule has 37 heavy (non-hydrogen) atoms. The SMILES string of the molecule is COc1ccc(C(=O)Oc2ccccc2C=NNC(=O)c2ccc(OCc3ccc(Cl)cc3)cc2)cc1. The fourth-order valence-corrected chi connectivity index (χ4v) is 3.37. The Hall–Kier alpha value is -4.62. The van der Waals surface area contributed by atoms with Gasteiger partial charge in [-0.05, 0) is 78.4 Å². The number of para-hydroxylation sites is 1. The van der Waals surface area contributed by atoms with E-state index in [0.29, 0.717) is 45.6 Å². The zero-order valence-electron chi connectivity index (χ0n) is 19.9.